The summed E-state index contributed by atoms with van der Waals surface area (Å²) in [4.78, 5) is 5.61. The maximum absolute atomic E-state index is 13.8. The normalized spacial score (nSPS) is 10.9. The van der Waals surface area contributed by atoms with Crippen LogP contribution in [0, 0.1) is 5.82 Å². The number of halogens is 2. The fourth-order valence-electron chi connectivity index (χ4n) is 1.83. The van der Waals surface area contributed by atoms with Crippen molar-refractivity contribution in [1.82, 2.24) is 29.8 Å². The Morgan fingerprint density at radius 1 is 1.10 bits per heavy atom. The maximum Gasteiger partial charge on any atom is 0.150 e. The summed E-state index contributed by atoms with van der Waals surface area (Å²) < 4.78 is 15.4. The molecule has 0 saturated heterocycles. The summed E-state index contributed by atoms with van der Waals surface area (Å²) in [5.41, 5.74) is 0.384. The summed E-state index contributed by atoms with van der Waals surface area (Å²) >= 11 is 6.01. The van der Waals surface area contributed by atoms with E-state index in [0.29, 0.717) is 23.0 Å². The quantitative estimate of drug-likeness (QED) is 0.735. The molecule has 0 aliphatic rings. The second kappa shape index (κ2) is 5.38. The lowest BCUT2D eigenvalue weighted by molar-refractivity contribution is 0.523. The van der Waals surface area contributed by atoms with Gasteiger partial charge < -0.3 is 0 Å². The standard InChI is InChI=1S/C12H10ClFN6/c13-10-2-1-3-11(14)9(10)6-19-12(15-8-18-19)7-20-16-4-5-17-20/h1-5,8H,6-7H2. The summed E-state index contributed by atoms with van der Waals surface area (Å²) in [6, 6.07) is 4.58. The third-order valence-electron chi connectivity index (χ3n) is 2.81. The molecule has 0 atom stereocenters. The van der Waals surface area contributed by atoms with Crippen molar-refractivity contribution in [2.75, 3.05) is 0 Å². The van der Waals surface area contributed by atoms with Gasteiger partial charge in [-0.3, -0.25) is 0 Å². The lowest BCUT2D eigenvalue weighted by Crippen LogP contribution is -2.13. The van der Waals surface area contributed by atoms with Crippen LogP contribution in [0.25, 0.3) is 0 Å². The molecule has 0 unspecified atom stereocenters. The third-order valence-corrected chi connectivity index (χ3v) is 3.17. The highest BCUT2D eigenvalue weighted by Crippen LogP contribution is 2.20. The summed E-state index contributed by atoms with van der Waals surface area (Å²) in [7, 11) is 0. The Morgan fingerprint density at radius 2 is 1.90 bits per heavy atom. The molecule has 0 fully saturated rings. The molecule has 0 radical (unpaired) electrons. The van der Waals surface area contributed by atoms with Crippen molar-refractivity contribution < 1.29 is 4.39 Å². The van der Waals surface area contributed by atoms with E-state index in [1.807, 2.05) is 0 Å². The van der Waals surface area contributed by atoms with Gasteiger partial charge in [-0.2, -0.15) is 20.1 Å². The molecule has 6 nitrogen and oxygen atoms in total. The molecule has 3 aromatic rings. The van der Waals surface area contributed by atoms with Gasteiger partial charge in [0, 0.05) is 10.6 Å². The van der Waals surface area contributed by atoms with Crippen LogP contribution >= 0.6 is 11.6 Å². The van der Waals surface area contributed by atoms with Crippen LogP contribution in [-0.4, -0.2) is 29.8 Å². The smallest absolute Gasteiger partial charge is 0.150 e. The minimum Gasteiger partial charge on any atom is -0.244 e. The summed E-state index contributed by atoms with van der Waals surface area (Å²) in [5.74, 6) is 0.261. The molecule has 0 bridgehead atoms. The van der Waals surface area contributed by atoms with Gasteiger partial charge in [0.25, 0.3) is 0 Å². The Kier molecular flexibility index (Phi) is 3.42. The van der Waals surface area contributed by atoms with Gasteiger partial charge in [0.15, 0.2) is 5.82 Å². The lowest BCUT2D eigenvalue weighted by atomic mass is 10.2. The molecule has 102 valence electrons. The number of aromatic nitrogens is 6. The molecule has 1 aromatic carbocycles. The minimum absolute atomic E-state index is 0.210. The maximum atomic E-state index is 13.8. The Labute approximate surface area is 118 Å². The van der Waals surface area contributed by atoms with Gasteiger partial charge >= 0.3 is 0 Å². The van der Waals surface area contributed by atoms with Crippen molar-refractivity contribution in [2.45, 2.75) is 13.1 Å². The van der Waals surface area contributed by atoms with E-state index < -0.39 is 0 Å². The Hall–Kier alpha value is -2.28. The first-order valence-corrected chi connectivity index (χ1v) is 6.25. The van der Waals surface area contributed by atoms with E-state index >= 15 is 0 Å². The molecule has 0 spiro atoms. The van der Waals surface area contributed by atoms with E-state index in [-0.39, 0.29) is 12.4 Å². The molecule has 2 aromatic heterocycles. The summed E-state index contributed by atoms with van der Waals surface area (Å²) in [6.45, 7) is 0.571. The van der Waals surface area contributed by atoms with Crippen LogP contribution < -0.4 is 0 Å². The van der Waals surface area contributed by atoms with Crippen molar-refractivity contribution in [3.63, 3.8) is 0 Å². The molecule has 0 amide bonds. The first-order chi connectivity index (χ1) is 9.74. The van der Waals surface area contributed by atoms with E-state index in [4.69, 9.17) is 11.6 Å². The molecular weight excluding hydrogens is 283 g/mol. The van der Waals surface area contributed by atoms with Crippen LogP contribution in [0.3, 0.4) is 0 Å². The Balaban J connectivity index is 1.87. The summed E-state index contributed by atoms with van der Waals surface area (Å²) in [6.07, 6.45) is 4.57. The van der Waals surface area contributed by atoms with Crippen LogP contribution in [0.1, 0.15) is 11.4 Å². The predicted molar refractivity (Wildman–Crippen MR) is 69.7 cm³/mol. The van der Waals surface area contributed by atoms with Gasteiger partial charge in [-0.1, -0.05) is 17.7 Å². The molecule has 3 rings (SSSR count). The molecule has 0 aliphatic heterocycles. The zero-order valence-electron chi connectivity index (χ0n) is 10.3. The van der Waals surface area contributed by atoms with Gasteiger partial charge in [0.2, 0.25) is 0 Å². The highest BCUT2D eigenvalue weighted by Gasteiger charge is 2.12. The Morgan fingerprint density at radius 3 is 2.65 bits per heavy atom. The van der Waals surface area contributed by atoms with Crippen LogP contribution in [0.2, 0.25) is 5.02 Å². The fourth-order valence-corrected chi connectivity index (χ4v) is 2.05. The van der Waals surface area contributed by atoms with Gasteiger partial charge in [0.05, 0.1) is 18.9 Å². The molecule has 20 heavy (non-hydrogen) atoms. The second-order valence-corrected chi connectivity index (χ2v) is 4.50. The first kappa shape index (κ1) is 12.7. The van der Waals surface area contributed by atoms with Crippen molar-refractivity contribution in [2.24, 2.45) is 0 Å². The average Bonchev–Trinajstić information content (AvgIpc) is 3.07. The zero-order valence-corrected chi connectivity index (χ0v) is 11.1. The van der Waals surface area contributed by atoms with E-state index in [9.17, 15) is 4.39 Å². The second-order valence-electron chi connectivity index (χ2n) is 4.09. The zero-order chi connectivity index (χ0) is 13.9. The number of nitrogens with zero attached hydrogens (tertiary/aromatic N) is 6. The van der Waals surface area contributed by atoms with Gasteiger partial charge in [-0.15, -0.1) is 0 Å². The Bertz CT molecular complexity index is 688. The van der Waals surface area contributed by atoms with E-state index in [0.717, 1.165) is 0 Å². The van der Waals surface area contributed by atoms with Crippen molar-refractivity contribution >= 4 is 11.6 Å². The molecule has 0 N–H and O–H groups in total. The number of hydrogen-bond donors (Lipinski definition) is 0. The van der Waals surface area contributed by atoms with Gasteiger partial charge in [-0.25, -0.2) is 14.1 Å². The predicted octanol–water partition coefficient (Wildman–Crippen LogP) is 1.76. The topological polar surface area (TPSA) is 61.4 Å². The van der Waals surface area contributed by atoms with Crippen LogP contribution in [-0.2, 0) is 13.1 Å². The lowest BCUT2D eigenvalue weighted by Gasteiger charge is -2.08. The fraction of sp³-hybridized carbons (Fsp3) is 0.167. The molecule has 8 heteroatoms. The largest absolute Gasteiger partial charge is 0.244 e. The van der Waals surface area contributed by atoms with Crippen molar-refractivity contribution in [1.29, 1.82) is 0 Å². The number of rotatable bonds is 4. The van der Waals surface area contributed by atoms with Gasteiger partial charge in [-0.05, 0) is 12.1 Å². The van der Waals surface area contributed by atoms with Crippen molar-refractivity contribution in [3.05, 3.63) is 59.1 Å². The molecule has 2 heterocycles. The van der Waals surface area contributed by atoms with Crippen molar-refractivity contribution in [3.8, 4) is 0 Å². The third kappa shape index (κ3) is 2.53. The first-order valence-electron chi connectivity index (χ1n) is 5.87. The molecular formula is C12H10ClFN6. The van der Waals surface area contributed by atoms with E-state index in [1.165, 1.54) is 17.2 Å². The summed E-state index contributed by atoms with van der Waals surface area (Å²) in [5, 5.41) is 12.4. The van der Waals surface area contributed by atoms with E-state index in [2.05, 4.69) is 20.3 Å². The highest BCUT2D eigenvalue weighted by molar-refractivity contribution is 6.31. The SMILES string of the molecule is Fc1cccc(Cl)c1Cn1ncnc1Cn1nccn1. The van der Waals surface area contributed by atoms with E-state index in [1.54, 1.807) is 29.2 Å². The van der Waals surface area contributed by atoms with Crippen LogP contribution in [0.4, 0.5) is 4.39 Å². The van der Waals surface area contributed by atoms with Crippen LogP contribution in [0.5, 0.6) is 0 Å². The number of benzene rings is 1. The van der Waals surface area contributed by atoms with Gasteiger partial charge in [0.1, 0.15) is 18.7 Å². The minimum atomic E-state index is -0.365. The van der Waals surface area contributed by atoms with Crippen LogP contribution in [0.15, 0.2) is 36.9 Å². The average molecular weight is 293 g/mol. The molecule has 0 aliphatic carbocycles. The number of hydrogen-bond acceptors (Lipinski definition) is 4. The highest BCUT2D eigenvalue weighted by atomic mass is 35.5. The molecule has 0 saturated carbocycles. The monoisotopic (exact) mass is 292 g/mol.